The molecule has 0 unspecified atom stereocenters. The van der Waals surface area contributed by atoms with Gasteiger partial charge < -0.3 is 14.6 Å². The Hall–Kier alpha value is -2.70. The monoisotopic (exact) mass is 407 g/mol. The third-order valence-corrected chi connectivity index (χ3v) is 4.85. The first-order valence-corrected chi connectivity index (χ1v) is 8.58. The van der Waals surface area contributed by atoms with Crippen molar-refractivity contribution < 1.29 is 24.2 Å². The van der Waals surface area contributed by atoms with Crippen LogP contribution in [0.15, 0.2) is 30.3 Å². The molecule has 1 aliphatic rings. The molecule has 1 heterocycles. The van der Waals surface area contributed by atoms with Crippen LogP contribution in [0.3, 0.4) is 0 Å². The molecule has 140 valence electrons. The number of carbonyl (C=O) groups is 2. The number of carboxylic acids is 1. The Morgan fingerprint density at radius 3 is 2.37 bits per heavy atom. The Morgan fingerprint density at radius 1 is 1.11 bits per heavy atom. The molecule has 6 nitrogen and oxygen atoms in total. The molecule has 27 heavy (non-hydrogen) atoms. The molecule has 3 rings (SSSR count). The number of fused-ring (bicyclic) bond motifs is 1. The highest BCUT2D eigenvalue weighted by molar-refractivity contribution is 6.42. The van der Waals surface area contributed by atoms with Gasteiger partial charge in [-0.15, -0.1) is 0 Å². The lowest BCUT2D eigenvalue weighted by Gasteiger charge is -2.16. The number of ether oxygens (including phenoxy) is 2. The van der Waals surface area contributed by atoms with Gasteiger partial charge >= 0.3 is 5.97 Å². The molecule has 0 atom stereocenters. The average molecular weight is 408 g/mol. The number of hydrogen-bond acceptors (Lipinski definition) is 4. The molecule has 0 aromatic heterocycles. The number of carboxylic acid groups (broad SMARTS) is 1. The van der Waals surface area contributed by atoms with E-state index >= 15 is 0 Å². The van der Waals surface area contributed by atoms with Crippen LogP contribution in [0.25, 0.3) is 11.6 Å². The summed E-state index contributed by atoms with van der Waals surface area (Å²) in [7, 11) is 2.95. The van der Waals surface area contributed by atoms with Crippen LogP contribution < -0.4 is 14.4 Å². The van der Waals surface area contributed by atoms with Crippen molar-refractivity contribution in [2.24, 2.45) is 0 Å². The molecule has 2 aromatic carbocycles. The summed E-state index contributed by atoms with van der Waals surface area (Å²) in [5.74, 6) is -0.731. The van der Waals surface area contributed by atoms with Crippen molar-refractivity contribution in [2.75, 3.05) is 25.7 Å². The SMILES string of the molecule is COc1cc2c(cc1OC)N(CC(=O)O)C(=O)/C2=C\c1ccc(Cl)c(Cl)c1. The Balaban J connectivity index is 2.18. The molecule has 0 saturated heterocycles. The highest BCUT2D eigenvalue weighted by Gasteiger charge is 2.35. The highest BCUT2D eigenvalue weighted by atomic mass is 35.5. The van der Waals surface area contributed by atoms with Gasteiger partial charge in [0.15, 0.2) is 11.5 Å². The first-order valence-electron chi connectivity index (χ1n) is 7.82. The number of nitrogens with zero attached hydrogens (tertiary/aromatic N) is 1. The van der Waals surface area contributed by atoms with Crippen molar-refractivity contribution in [1.82, 2.24) is 0 Å². The van der Waals surface area contributed by atoms with E-state index in [-0.39, 0.29) is 0 Å². The van der Waals surface area contributed by atoms with Crippen molar-refractivity contribution in [2.45, 2.75) is 0 Å². The summed E-state index contributed by atoms with van der Waals surface area (Å²) in [5, 5.41) is 9.94. The summed E-state index contributed by atoms with van der Waals surface area (Å²) in [4.78, 5) is 25.3. The third-order valence-electron chi connectivity index (χ3n) is 4.11. The van der Waals surface area contributed by atoms with Crippen molar-refractivity contribution in [3.05, 3.63) is 51.5 Å². The van der Waals surface area contributed by atoms with E-state index < -0.39 is 18.4 Å². The third kappa shape index (κ3) is 3.59. The van der Waals surface area contributed by atoms with Gasteiger partial charge in [-0.3, -0.25) is 14.5 Å². The van der Waals surface area contributed by atoms with Gasteiger partial charge in [-0.25, -0.2) is 0 Å². The first kappa shape index (κ1) is 19.1. The fourth-order valence-corrected chi connectivity index (χ4v) is 3.18. The molecular weight excluding hydrogens is 393 g/mol. The maximum Gasteiger partial charge on any atom is 0.323 e. The van der Waals surface area contributed by atoms with Crippen LogP contribution in [0.1, 0.15) is 11.1 Å². The lowest BCUT2D eigenvalue weighted by molar-refractivity contribution is -0.136. The number of benzene rings is 2. The summed E-state index contributed by atoms with van der Waals surface area (Å²) >= 11 is 12.0. The molecule has 1 aliphatic heterocycles. The van der Waals surface area contributed by atoms with E-state index in [1.165, 1.54) is 19.1 Å². The minimum Gasteiger partial charge on any atom is -0.493 e. The summed E-state index contributed by atoms with van der Waals surface area (Å²) in [6, 6.07) is 8.21. The maximum absolute atomic E-state index is 12.9. The second-order valence-electron chi connectivity index (χ2n) is 5.74. The Bertz CT molecular complexity index is 971. The largest absolute Gasteiger partial charge is 0.493 e. The lowest BCUT2D eigenvalue weighted by atomic mass is 10.0. The van der Waals surface area contributed by atoms with E-state index in [4.69, 9.17) is 32.7 Å². The number of aliphatic carboxylic acids is 1. The summed E-state index contributed by atoms with van der Waals surface area (Å²) in [6.45, 7) is -0.472. The van der Waals surface area contributed by atoms with Crippen molar-refractivity contribution in [3.8, 4) is 11.5 Å². The van der Waals surface area contributed by atoms with Gasteiger partial charge in [0, 0.05) is 17.2 Å². The molecular formula is C19H15Cl2NO5. The number of hydrogen-bond donors (Lipinski definition) is 1. The van der Waals surface area contributed by atoms with Gasteiger partial charge in [0.25, 0.3) is 5.91 Å². The number of anilines is 1. The van der Waals surface area contributed by atoms with Crippen molar-refractivity contribution >= 4 is 52.4 Å². The fourth-order valence-electron chi connectivity index (χ4n) is 2.88. The molecule has 1 N–H and O–H groups in total. The van der Waals surface area contributed by atoms with Crippen LogP contribution in [0, 0.1) is 0 Å². The van der Waals surface area contributed by atoms with Crippen molar-refractivity contribution in [1.29, 1.82) is 0 Å². The summed E-state index contributed by atoms with van der Waals surface area (Å²) < 4.78 is 10.6. The second-order valence-corrected chi connectivity index (χ2v) is 6.56. The predicted octanol–water partition coefficient (Wildman–Crippen LogP) is 3.98. The minimum atomic E-state index is -1.13. The van der Waals surface area contributed by atoms with E-state index in [0.717, 1.165) is 0 Å². The quantitative estimate of drug-likeness (QED) is 0.758. The van der Waals surface area contributed by atoms with E-state index in [2.05, 4.69) is 0 Å². The number of rotatable bonds is 5. The molecule has 0 spiro atoms. The van der Waals surface area contributed by atoms with Gasteiger partial charge in [0.2, 0.25) is 0 Å². The molecule has 2 aromatic rings. The van der Waals surface area contributed by atoms with Crippen LogP contribution >= 0.6 is 23.2 Å². The van der Waals surface area contributed by atoms with E-state index in [1.807, 2.05) is 0 Å². The standard InChI is InChI=1S/C19H15Cl2NO5/c1-26-16-7-11-12(5-10-3-4-13(20)14(21)6-10)19(25)22(9-18(23)24)15(11)8-17(16)27-2/h3-8H,9H2,1-2H3,(H,23,24)/b12-5-. The van der Waals surface area contributed by atoms with E-state index in [9.17, 15) is 14.7 Å². The van der Waals surface area contributed by atoms with Gasteiger partial charge in [0.05, 0.1) is 30.0 Å². The van der Waals surface area contributed by atoms with Crippen LogP contribution in [-0.2, 0) is 9.59 Å². The van der Waals surface area contributed by atoms with Gasteiger partial charge in [0.1, 0.15) is 6.54 Å². The number of amides is 1. The highest BCUT2D eigenvalue weighted by Crippen LogP contribution is 2.44. The molecule has 0 fully saturated rings. The second kappa shape index (κ2) is 7.50. The number of halogens is 2. The smallest absolute Gasteiger partial charge is 0.323 e. The molecule has 8 heteroatoms. The molecule has 0 saturated carbocycles. The van der Waals surface area contributed by atoms with Crippen LogP contribution in [-0.4, -0.2) is 37.7 Å². The zero-order valence-electron chi connectivity index (χ0n) is 14.5. The lowest BCUT2D eigenvalue weighted by Crippen LogP contribution is -2.32. The van der Waals surface area contributed by atoms with Crippen LogP contribution in [0.2, 0.25) is 10.0 Å². The van der Waals surface area contributed by atoms with Crippen LogP contribution in [0.4, 0.5) is 5.69 Å². The molecule has 1 amide bonds. The Morgan fingerprint density at radius 2 is 1.78 bits per heavy atom. The minimum absolute atomic E-state index is 0.325. The molecule has 0 bridgehead atoms. The maximum atomic E-state index is 12.9. The van der Waals surface area contributed by atoms with Gasteiger partial charge in [-0.1, -0.05) is 29.3 Å². The van der Waals surface area contributed by atoms with E-state index in [1.54, 1.807) is 36.4 Å². The summed E-state index contributed by atoms with van der Waals surface area (Å²) in [6.07, 6.45) is 1.64. The number of carbonyl (C=O) groups excluding carboxylic acids is 1. The Kier molecular flexibility index (Phi) is 5.30. The van der Waals surface area contributed by atoms with Crippen molar-refractivity contribution in [3.63, 3.8) is 0 Å². The first-order chi connectivity index (χ1) is 12.8. The summed E-state index contributed by atoms with van der Waals surface area (Å²) in [5.41, 5.74) is 1.97. The number of methoxy groups -OCH3 is 2. The topological polar surface area (TPSA) is 76.1 Å². The average Bonchev–Trinajstić information content (AvgIpc) is 2.88. The fraction of sp³-hybridized carbons (Fsp3) is 0.158. The van der Waals surface area contributed by atoms with Gasteiger partial charge in [-0.2, -0.15) is 0 Å². The zero-order valence-corrected chi connectivity index (χ0v) is 16.0. The molecule has 0 aliphatic carbocycles. The van der Waals surface area contributed by atoms with Crippen LogP contribution in [0.5, 0.6) is 11.5 Å². The van der Waals surface area contributed by atoms with Gasteiger partial charge in [-0.05, 0) is 29.8 Å². The predicted molar refractivity (Wildman–Crippen MR) is 104 cm³/mol. The Labute approximate surface area is 165 Å². The normalized spacial score (nSPS) is 14.4. The van der Waals surface area contributed by atoms with E-state index in [0.29, 0.717) is 43.9 Å². The molecule has 0 radical (unpaired) electrons. The zero-order chi connectivity index (χ0) is 19.7.